The Morgan fingerprint density at radius 1 is 1.10 bits per heavy atom. The van der Waals surface area contributed by atoms with Gasteiger partial charge in [0.05, 0.1) is 12.2 Å². The number of ketones is 2. The van der Waals surface area contributed by atoms with Crippen LogP contribution in [0.15, 0.2) is 72.3 Å². The van der Waals surface area contributed by atoms with E-state index >= 15 is 4.39 Å². The van der Waals surface area contributed by atoms with E-state index in [1.807, 2.05) is 32.9 Å². The number of halogens is 2. The Morgan fingerprint density at radius 3 is 2.52 bits per heavy atom. The Balaban J connectivity index is 1.23. The molecule has 0 radical (unpaired) electrons. The molecule has 0 aromatic heterocycles. The number of hydrogen-bond acceptors (Lipinski definition) is 6. The molecule has 0 spiro atoms. The van der Waals surface area contributed by atoms with Gasteiger partial charge in [0.25, 0.3) is 0 Å². The number of allylic oxidation sites excluding steroid dienone is 4. The number of aliphatic hydroxyl groups excluding tert-OH is 2. The number of fused-ring (bicyclic) bond motifs is 5. The third-order valence-corrected chi connectivity index (χ3v) is 13.7. The maximum Gasteiger partial charge on any atom is 0.193 e. The monoisotopic (exact) mass is 798 g/mol. The van der Waals surface area contributed by atoms with Gasteiger partial charge in [0.1, 0.15) is 12.3 Å². The third kappa shape index (κ3) is 6.29. The highest BCUT2D eigenvalue weighted by Crippen LogP contribution is 2.73. The third-order valence-electron chi connectivity index (χ3n) is 12.5. The SMILES string of the molecule is CC/C=C\C(=O)/C=C1/CC[C@@]2(C)[C@@H]3C[C@H]4O[C@@H](c5ccc(Cc6cccc([C@H](I)CC(C)C)c6)cc5)O[C@@]4(C(=O)CO)[C@@]3(C)C[C@H](O)[C@]2(F)C1. The van der Waals surface area contributed by atoms with Gasteiger partial charge in [0.2, 0.25) is 0 Å². The quantitative estimate of drug-likeness (QED) is 0.134. The summed E-state index contributed by atoms with van der Waals surface area (Å²) in [6.45, 7) is 9.49. The van der Waals surface area contributed by atoms with Gasteiger partial charge in [-0.1, -0.05) is 117 Å². The Kier molecular flexibility index (Phi) is 10.7. The molecule has 2 N–H and O–H groups in total. The Morgan fingerprint density at radius 2 is 1.84 bits per heavy atom. The second kappa shape index (κ2) is 14.3. The topological polar surface area (TPSA) is 93.1 Å². The molecule has 3 aliphatic carbocycles. The number of Topliss-reactive ketones (excluding diaryl/α,β-unsaturated/α-hetero) is 1. The zero-order valence-corrected chi connectivity index (χ0v) is 32.1. The van der Waals surface area contributed by atoms with Crippen LogP contribution in [0.25, 0.3) is 0 Å². The van der Waals surface area contributed by atoms with E-state index in [1.165, 1.54) is 23.3 Å². The minimum absolute atomic E-state index is 0.0215. The van der Waals surface area contributed by atoms with Crippen LogP contribution in [-0.4, -0.2) is 51.9 Å². The Bertz CT molecular complexity index is 1650. The predicted molar refractivity (Wildman–Crippen MR) is 201 cm³/mol. The zero-order chi connectivity index (χ0) is 36.1. The highest BCUT2D eigenvalue weighted by atomic mass is 127. The van der Waals surface area contributed by atoms with Gasteiger partial charge in [0, 0.05) is 26.7 Å². The van der Waals surface area contributed by atoms with Crippen molar-refractivity contribution in [2.24, 2.45) is 22.7 Å². The van der Waals surface area contributed by atoms with Crippen molar-refractivity contribution in [2.45, 2.75) is 120 Å². The molecule has 6 nitrogen and oxygen atoms in total. The van der Waals surface area contributed by atoms with Gasteiger partial charge >= 0.3 is 0 Å². The molecule has 0 amide bonds. The molecule has 0 bridgehead atoms. The van der Waals surface area contributed by atoms with Crippen molar-refractivity contribution in [3.8, 4) is 0 Å². The van der Waals surface area contributed by atoms with Crippen LogP contribution in [0.3, 0.4) is 0 Å². The van der Waals surface area contributed by atoms with Crippen molar-refractivity contribution in [2.75, 3.05) is 6.61 Å². The summed E-state index contributed by atoms with van der Waals surface area (Å²) in [6, 6.07) is 16.8. The summed E-state index contributed by atoms with van der Waals surface area (Å²) in [6.07, 6.45) is 5.76. The van der Waals surface area contributed by atoms with Crippen LogP contribution >= 0.6 is 22.6 Å². The number of hydrogen-bond donors (Lipinski definition) is 2. The van der Waals surface area contributed by atoms with Crippen molar-refractivity contribution < 1.29 is 33.7 Å². The molecular formula is C42H52FIO6. The average molecular weight is 799 g/mol. The lowest BCUT2D eigenvalue weighted by Gasteiger charge is -2.62. The largest absolute Gasteiger partial charge is 0.390 e. The molecule has 1 heterocycles. The van der Waals surface area contributed by atoms with Crippen molar-refractivity contribution in [1.82, 2.24) is 0 Å². The lowest BCUT2D eigenvalue weighted by Crippen LogP contribution is -2.69. The number of carbonyl (C=O) groups excluding carboxylic acids is 2. The molecule has 6 rings (SSSR count). The molecule has 1 aliphatic heterocycles. The molecule has 2 aromatic rings. The van der Waals surface area contributed by atoms with Gasteiger partial charge in [-0.3, -0.25) is 9.59 Å². The fraction of sp³-hybridized carbons (Fsp3) is 0.571. The smallest absolute Gasteiger partial charge is 0.193 e. The number of carbonyl (C=O) groups is 2. The van der Waals surface area contributed by atoms with Crippen LogP contribution in [0.1, 0.15) is 112 Å². The van der Waals surface area contributed by atoms with E-state index in [2.05, 4.69) is 72.8 Å². The van der Waals surface area contributed by atoms with E-state index in [0.717, 1.165) is 30.4 Å². The van der Waals surface area contributed by atoms with E-state index in [0.29, 0.717) is 34.7 Å². The maximum atomic E-state index is 17.4. The Hall–Kier alpha value is -2.24. The summed E-state index contributed by atoms with van der Waals surface area (Å²) < 4.78 is 31.1. The summed E-state index contributed by atoms with van der Waals surface area (Å²) in [5.41, 5.74) is -0.331. The summed E-state index contributed by atoms with van der Waals surface area (Å²) >= 11 is 2.53. The molecule has 4 fully saturated rings. The highest BCUT2D eigenvalue weighted by Gasteiger charge is 2.79. The van der Waals surface area contributed by atoms with Gasteiger partial charge in [-0.25, -0.2) is 4.39 Å². The summed E-state index contributed by atoms with van der Waals surface area (Å²) in [4.78, 5) is 26.4. The van der Waals surface area contributed by atoms with Crippen molar-refractivity contribution in [3.63, 3.8) is 0 Å². The van der Waals surface area contributed by atoms with Crippen LogP contribution in [0.2, 0.25) is 0 Å². The van der Waals surface area contributed by atoms with Crippen LogP contribution < -0.4 is 0 Å². The standard InChI is InChI=1S/C42H52FIO6/c1-6-7-11-32(46)21-29-16-17-39(4)34-22-37-42(36(48)25-45,40(34,5)24-35(47)41(39,43)23-29)50-38(49-37)30-14-12-27(13-15-30)19-28-9-8-10-31(20-28)33(44)18-26(2)3/h7-15,20-21,26,33-35,37-38,45,47H,6,16-19,22-25H2,1-5H3/b11-7-,29-21-/t33-,34+,35+,37-,38-,39+,40+,41-,42-/m1/s1. The lowest BCUT2D eigenvalue weighted by molar-refractivity contribution is -0.242. The number of alkyl halides is 2. The molecular weight excluding hydrogens is 746 g/mol. The molecule has 8 heteroatoms. The van der Waals surface area contributed by atoms with E-state index in [-0.39, 0.29) is 24.5 Å². The number of rotatable bonds is 11. The first-order valence-corrected chi connectivity index (χ1v) is 19.5. The summed E-state index contributed by atoms with van der Waals surface area (Å²) in [5.74, 6) is -0.397. The predicted octanol–water partition coefficient (Wildman–Crippen LogP) is 8.66. The zero-order valence-electron chi connectivity index (χ0n) is 30.0. The summed E-state index contributed by atoms with van der Waals surface area (Å²) in [7, 11) is 0. The molecule has 2 aromatic carbocycles. The van der Waals surface area contributed by atoms with E-state index in [1.54, 1.807) is 6.08 Å². The van der Waals surface area contributed by atoms with Crippen molar-refractivity contribution >= 4 is 34.2 Å². The molecule has 9 atom stereocenters. The van der Waals surface area contributed by atoms with Crippen LogP contribution in [0, 0.1) is 22.7 Å². The first-order chi connectivity index (χ1) is 23.7. The minimum Gasteiger partial charge on any atom is -0.390 e. The minimum atomic E-state index is -1.99. The summed E-state index contributed by atoms with van der Waals surface area (Å²) in [5, 5.41) is 22.0. The van der Waals surface area contributed by atoms with Crippen molar-refractivity contribution in [1.29, 1.82) is 0 Å². The average Bonchev–Trinajstić information content (AvgIpc) is 3.58. The van der Waals surface area contributed by atoms with Crippen molar-refractivity contribution in [3.05, 3.63) is 94.6 Å². The van der Waals surface area contributed by atoms with Crippen LogP contribution in [-0.2, 0) is 25.5 Å². The van der Waals surface area contributed by atoms with Gasteiger partial charge < -0.3 is 19.7 Å². The van der Waals surface area contributed by atoms with Crippen LogP contribution in [0.5, 0.6) is 0 Å². The lowest BCUT2D eigenvalue weighted by atomic mass is 9.44. The van der Waals surface area contributed by atoms with E-state index < -0.39 is 53.0 Å². The molecule has 270 valence electrons. The first kappa shape index (κ1) is 37.5. The molecule has 3 saturated carbocycles. The number of benzene rings is 2. The van der Waals surface area contributed by atoms with Gasteiger partial charge in [-0.15, -0.1) is 0 Å². The van der Waals surface area contributed by atoms with Crippen LogP contribution in [0.4, 0.5) is 4.39 Å². The highest BCUT2D eigenvalue weighted by molar-refractivity contribution is 14.1. The molecule has 0 unspecified atom stereocenters. The second-order valence-electron chi connectivity index (χ2n) is 16.0. The first-order valence-electron chi connectivity index (χ1n) is 18.3. The van der Waals surface area contributed by atoms with E-state index in [9.17, 15) is 19.8 Å². The molecule has 4 aliphatic rings. The van der Waals surface area contributed by atoms with E-state index in [4.69, 9.17) is 9.47 Å². The molecule has 1 saturated heterocycles. The fourth-order valence-corrected chi connectivity index (χ4v) is 11.3. The van der Waals surface area contributed by atoms with Gasteiger partial charge in [-0.2, -0.15) is 0 Å². The normalized spacial score (nSPS) is 36.4. The van der Waals surface area contributed by atoms with Gasteiger partial charge in [-0.05, 0) is 85.6 Å². The number of aliphatic hydroxyl groups is 2. The fourth-order valence-electron chi connectivity index (χ4n) is 9.92. The second-order valence-corrected chi connectivity index (χ2v) is 17.6. The number of ether oxygens (including phenoxy) is 2. The Labute approximate surface area is 310 Å². The molecule has 50 heavy (non-hydrogen) atoms. The maximum absolute atomic E-state index is 17.4. The van der Waals surface area contributed by atoms with Gasteiger partial charge in [0.15, 0.2) is 23.5 Å².